The minimum atomic E-state index is -5.17. The van der Waals surface area contributed by atoms with E-state index in [1.165, 1.54) is 48.8 Å². The first-order valence-corrected chi connectivity index (χ1v) is 17.9. The van der Waals surface area contributed by atoms with Gasteiger partial charge in [-0.15, -0.1) is 0 Å². The molecule has 8 aromatic rings. The van der Waals surface area contributed by atoms with Crippen molar-refractivity contribution in [3.05, 3.63) is 168 Å². The number of pyridine rings is 1. The molecule has 15 heteroatoms. The Bertz CT molecular complexity index is 2830. The molecule has 61 heavy (non-hydrogen) atoms. The fourth-order valence-corrected chi connectivity index (χ4v) is 7.37. The van der Waals surface area contributed by atoms with E-state index in [9.17, 15) is 57.9 Å². The molecule has 0 radical (unpaired) electrons. The molecule has 0 unspecified atom stereocenters. The maximum atomic E-state index is 14.0. The van der Waals surface area contributed by atoms with Gasteiger partial charge in [0, 0.05) is 34.3 Å². The molecule has 0 saturated heterocycles. The van der Waals surface area contributed by atoms with Crippen LogP contribution in [-0.2, 0) is 24.7 Å². The van der Waals surface area contributed by atoms with E-state index in [1.54, 1.807) is 59.2 Å². The molecule has 0 aliphatic heterocycles. The number of rotatable bonds is 5. The van der Waals surface area contributed by atoms with Crippen LogP contribution in [0.2, 0.25) is 0 Å². The highest BCUT2D eigenvalue weighted by atomic mass is 19.4. The Morgan fingerprint density at radius 2 is 0.836 bits per heavy atom. The Hall–Kier alpha value is -7.08. The number of hydrogen-bond donors (Lipinski definition) is 0. The zero-order chi connectivity index (χ0) is 43.6. The molecule has 2 heterocycles. The number of aromatic nitrogens is 2. The fourth-order valence-electron chi connectivity index (χ4n) is 7.37. The van der Waals surface area contributed by atoms with Crippen molar-refractivity contribution in [2.75, 3.05) is 0 Å². The molecular formula is C46H23F12N3. The van der Waals surface area contributed by atoms with Gasteiger partial charge in [0.2, 0.25) is 0 Å². The first kappa shape index (κ1) is 40.7. The average Bonchev–Trinajstić information content (AvgIpc) is 3.55. The van der Waals surface area contributed by atoms with Crippen LogP contribution in [0.5, 0.6) is 0 Å². The van der Waals surface area contributed by atoms with E-state index in [-0.39, 0.29) is 39.6 Å². The standard InChI is InChI=1S/C46H23F12N3/c47-43(48,49)32-14-29(15-33(21-32)44(50,51)52)27-6-8-40-38(18-27)39-19-28(30-16-34(45(53,54)55)22-35(17-30)46(56,57)58)7-9-41(39)61(40)42-23-36(26-10-12-60-13-11-26)31(24-59)20-37(42)25-4-2-1-3-5-25/h1-23H. The van der Waals surface area contributed by atoms with Gasteiger partial charge in [-0.05, 0) is 118 Å². The molecule has 0 aliphatic rings. The number of nitrogens with zero attached hydrogens (tertiary/aromatic N) is 3. The van der Waals surface area contributed by atoms with Crippen LogP contribution >= 0.6 is 0 Å². The molecule has 0 N–H and O–H groups in total. The van der Waals surface area contributed by atoms with Gasteiger partial charge < -0.3 is 4.57 Å². The van der Waals surface area contributed by atoms with Gasteiger partial charge in [0.1, 0.15) is 0 Å². The van der Waals surface area contributed by atoms with Gasteiger partial charge in [0.05, 0.1) is 50.6 Å². The van der Waals surface area contributed by atoms with E-state index in [1.807, 2.05) is 0 Å². The van der Waals surface area contributed by atoms with Gasteiger partial charge in [-0.25, -0.2) is 0 Å². The number of alkyl halides is 12. The van der Waals surface area contributed by atoms with Gasteiger partial charge in [-0.1, -0.05) is 42.5 Å². The summed E-state index contributed by atoms with van der Waals surface area (Å²) in [6.45, 7) is 0. The molecular weight excluding hydrogens is 823 g/mol. The lowest BCUT2D eigenvalue weighted by molar-refractivity contribution is -0.144. The molecule has 0 bridgehead atoms. The minimum Gasteiger partial charge on any atom is -0.309 e. The summed E-state index contributed by atoms with van der Waals surface area (Å²) in [5, 5.41) is 10.7. The van der Waals surface area contributed by atoms with Crippen molar-refractivity contribution in [1.82, 2.24) is 9.55 Å². The molecule has 0 saturated carbocycles. The van der Waals surface area contributed by atoms with Crippen LogP contribution in [0.1, 0.15) is 27.8 Å². The van der Waals surface area contributed by atoms with E-state index in [2.05, 4.69) is 11.1 Å². The zero-order valence-electron chi connectivity index (χ0n) is 30.7. The van der Waals surface area contributed by atoms with Gasteiger partial charge in [0.15, 0.2) is 0 Å². The number of hydrogen-bond acceptors (Lipinski definition) is 2. The van der Waals surface area contributed by atoms with E-state index in [0.717, 1.165) is 0 Å². The van der Waals surface area contributed by atoms with E-state index >= 15 is 0 Å². The number of fused-ring (bicyclic) bond motifs is 3. The smallest absolute Gasteiger partial charge is 0.309 e. The van der Waals surface area contributed by atoms with Crippen molar-refractivity contribution in [3.63, 3.8) is 0 Å². The summed E-state index contributed by atoms with van der Waals surface area (Å²) in [4.78, 5) is 4.05. The van der Waals surface area contributed by atoms with Crippen LogP contribution in [-0.4, -0.2) is 9.55 Å². The van der Waals surface area contributed by atoms with Crippen LogP contribution in [0.25, 0.3) is 72.0 Å². The van der Waals surface area contributed by atoms with Gasteiger partial charge in [-0.2, -0.15) is 57.9 Å². The summed E-state index contributed by atoms with van der Waals surface area (Å²) >= 11 is 0. The lowest BCUT2D eigenvalue weighted by atomic mass is 9.94. The van der Waals surface area contributed by atoms with Crippen molar-refractivity contribution in [2.45, 2.75) is 24.7 Å². The second-order valence-electron chi connectivity index (χ2n) is 14.0. The largest absolute Gasteiger partial charge is 0.416 e. The summed E-state index contributed by atoms with van der Waals surface area (Å²) in [6.07, 6.45) is -17.6. The lowest BCUT2D eigenvalue weighted by Gasteiger charge is -2.18. The average molecular weight is 846 g/mol. The lowest BCUT2D eigenvalue weighted by Crippen LogP contribution is -2.11. The van der Waals surface area contributed by atoms with Crippen LogP contribution in [0.3, 0.4) is 0 Å². The normalized spacial score (nSPS) is 12.6. The van der Waals surface area contributed by atoms with Crippen molar-refractivity contribution in [1.29, 1.82) is 5.26 Å². The number of nitriles is 1. The van der Waals surface area contributed by atoms with Crippen LogP contribution in [0.15, 0.2) is 140 Å². The SMILES string of the molecule is N#Cc1cc(-c2ccccc2)c(-n2c3ccc(-c4cc(C(F)(F)F)cc(C(F)(F)F)c4)cc3c3cc(-c4cc(C(F)(F)F)cc(C(F)(F)F)c4)ccc32)cc1-c1ccncc1. The maximum Gasteiger partial charge on any atom is 0.416 e. The highest BCUT2D eigenvalue weighted by molar-refractivity contribution is 6.12. The molecule has 0 atom stereocenters. The second-order valence-corrected chi connectivity index (χ2v) is 14.0. The Morgan fingerprint density at radius 3 is 1.25 bits per heavy atom. The minimum absolute atomic E-state index is 0.0131. The van der Waals surface area contributed by atoms with Crippen LogP contribution < -0.4 is 0 Å². The highest BCUT2D eigenvalue weighted by Gasteiger charge is 2.38. The van der Waals surface area contributed by atoms with Crippen LogP contribution in [0.4, 0.5) is 52.7 Å². The molecule has 2 aromatic heterocycles. The van der Waals surface area contributed by atoms with E-state index in [4.69, 9.17) is 0 Å². The van der Waals surface area contributed by atoms with E-state index in [0.29, 0.717) is 63.2 Å². The molecule has 0 spiro atoms. The third-order valence-corrected chi connectivity index (χ3v) is 10.2. The predicted octanol–water partition coefficient (Wildman–Crippen LogP) is 14.8. The summed E-state index contributed by atoms with van der Waals surface area (Å²) in [5.41, 5.74) is -3.93. The summed E-state index contributed by atoms with van der Waals surface area (Å²) in [7, 11) is 0. The third kappa shape index (κ3) is 7.77. The van der Waals surface area contributed by atoms with E-state index < -0.39 is 58.1 Å². The summed E-state index contributed by atoms with van der Waals surface area (Å²) in [6, 6.07) is 28.0. The Morgan fingerprint density at radius 1 is 0.410 bits per heavy atom. The molecule has 0 amide bonds. The molecule has 3 nitrogen and oxygen atoms in total. The van der Waals surface area contributed by atoms with Gasteiger partial charge in [0.25, 0.3) is 0 Å². The second kappa shape index (κ2) is 14.6. The first-order chi connectivity index (χ1) is 28.7. The molecule has 0 fully saturated rings. The molecule has 0 aliphatic carbocycles. The fraction of sp³-hybridized carbons (Fsp3) is 0.0870. The monoisotopic (exact) mass is 845 g/mol. The van der Waals surface area contributed by atoms with Crippen molar-refractivity contribution < 1.29 is 52.7 Å². The Balaban J connectivity index is 1.48. The van der Waals surface area contributed by atoms with Crippen molar-refractivity contribution in [2.24, 2.45) is 0 Å². The predicted molar refractivity (Wildman–Crippen MR) is 205 cm³/mol. The Kier molecular flexibility index (Phi) is 9.72. The molecule has 306 valence electrons. The highest BCUT2D eigenvalue weighted by Crippen LogP contribution is 2.45. The quantitative estimate of drug-likeness (QED) is 0.162. The Labute approximate surface area is 337 Å². The summed E-state index contributed by atoms with van der Waals surface area (Å²) in [5.74, 6) is 0. The van der Waals surface area contributed by atoms with Crippen LogP contribution in [0, 0.1) is 11.3 Å². The first-order valence-electron chi connectivity index (χ1n) is 17.9. The van der Waals surface area contributed by atoms with Gasteiger partial charge >= 0.3 is 24.7 Å². The van der Waals surface area contributed by atoms with Gasteiger partial charge in [-0.3, -0.25) is 4.98 Å². The number of benzene rings is 6. The third-order valence-electron chi connectivity index (χ3n) is 10.2. The molecule has 6 aromatic carbocycles. The number of halogens is 12. The van der Waals surface area contributed by atoms with Crippen molar-refractivity contribution >= 4 is 21.8 Å². The summed E-state index contributed by atoms with van der Waals surface area (Å²) < 4.78 is 169. The topological polar surface area (TPSA) is 41.6 Å². The maximum absolute atomic E-state index is 14.0. The molecule has 8 rings (SSSR count). The van der Waals surface area contributed by atoms with Crippen molar-refractivity contribution in [3.8, 4) is 56.3 Å². The zero-order valence-corrected chi connectivity index (χ0v) is 30.7.